The molecule has 0 N–H and O–H groups in total. The van der Waals surface area contributed by atoms with Crippen LogP contribution in [0.15, 0.2) is 66.7 Å². The highest BCUT2D eigenvalue weighted by molar-refractivity contribution is 6.01. The third-order valence-corrected chi connectivity index (χ3v) is 6.13. The van der Waals surface area contributed by atoms with Crippen LogP contribution in [0.25, 0.3) is 22.0 Å². The number of rotatable bonds is 6. The van der Waals surface area contributed by atoms with E-state index >= 15 is 0 Å². The highest BCUT2D eigenvalue weighted by Crippen LogP contribution is 2.37. The number of hydrogen-bond acceptors (Lipinski definition) is 3. The van der Waals surface area contributed by atoms with Gasteiger partial charge in [0, 0.05) is 23.4 Å². The lowest BCUT2D eigenvalue weighted by atomic mass is 9.94. The Balaban J connectivity index is 1.87. The van der Waals surface area contributed by atoms with E-state index in [1.807, 2.05) is 0 Å². The minimum atomic E-state index is 0.262. The Kier molecular flexibility index (Phi) is 6.03. The molecule has 4 aromatic rings. The number of benzene rings is 3. The van der Waals surface area contributed by atoms with Crippen molar-refractivity contribution in [3.63, 3.8) is 0 Å². The van der Waals surface area contributed by atoms with Crippen molar-refractivity contribution in [1.29, 1.82) is 0 Å². The SMILES string of the molecule is CCCC(c1ccccc1)N(C)c1nnc(-c2c(C)cc(C)cc2C)c2ccccc12. The van der Waals surface area contributed by atoms with Gasteiger partial charge < -0.3 is 4.90 Å². The number of aromatic nitrogens is 2. The third-order valence-electron chi connectivity index (χ3n) is 6.13. The smallest absolute Gasteiger partial charge is 0.159 e. The van der Waals surface area contributed by atoms with Crippen LogP contribution in [-0.4, -0.2) is 17.2 Å². The summed E-state index contributed by atoms with van der Waals surface area (Å²) in [5.74, 6) is 0.934. The van der Waals surface area contributed by atoms with E-state index < -0.39 is 0 Å². The molecule has 3 aromatic carbocycles. The fourth-order valence-electron chi connectivity index (χ4n) is 4.77. The highest BCUT2D eigenvalue weighted by Gasteiger charge is 2.22. The maximum Gasteiger partial charge on any atom is 0.159 e. The van der Waals surface area contributed by atoms with Crippen LogP contribution in [0.1, 0.15) is 48.1 Å². The van der Waals surface area contributed by atoms with E-state index in [4.69, 9.17) is 10.2 Å². The van der Waals surface area contributed by atoms with Crippen LogP contribution in [-0.2, 0) is 0 Å². The normalized spacial score (nSPS) is 12.2. The summed E-state index contributed by atoms with van der Waals surface area (Å²) in [6, 6.07) is 24.0. The Morgan fingerprint density at radius 2 is 1.42 bits per heavy atom. The highest BCUT2D eigenvalue weighted by atomic mass is 15.3. The van der Waals surface area contributed by atoms with Gasteiger partial charge in [0.1, 0.15) is 5.69 Å². The third kappa shape index (κ3) is 4.05. The molecule has 0 spiro atoms. The summed E-state index contributed by atoms with van der Waals surface area (Å²) in [6.07, 6.45) is 2.17. The zero-order valence-electron chi connectivity index (χ0n) is 19.2. The van der Waals surface area contributed by atoms with Crippen molar-refractivity contribution in [2.75, 3.05) is 11.9 Å². The Morgan fingerprint density at radius 3 is 2.06 bits per heavy atom. The van der Waals surface area contributed by atoms with Crippen LogP contribution < -0.4 is 4.90 Å². The first-order valence-electron chi connectivity index (χ1n) is 11.1. The summed E-state index contributed by atoms with van der Waals surface area (Å²) < 4.78 is 0. The standard InChI is InChI=1S/C28H31N3/c1-6-12-25(22-13-8-7-9-14-22)31(5)28-24-16-11-10-15-23(24)27(29-30-28)26-20(3)17-19(2)18-21(26)4/h7-11,13-18,25H,6,12H2,1-5H3. The quantitative estimate of drug-likeness (QED) is 0.337. The minimum absolute atomic E-state index is 0.262. The van der Waals surface area contributed by atoms with Crippen LogP contribution in [0, 0.1) is 20.8 Å². The molecule has 1 heterocycles. The van der Waals surface area contributed by atoms with Crippen molar-refractivity contribution in [3.05, 3.63) is 89.0 Å². The molecule has 3 heteroatoms. The Labute approximate surface area is 185 Å². The van der Waals surface area contributed by atoms with Gasteiger partial charge in [0.2, 0.25) is 0 Å². The van der Waals surface area contributed by atoms with Crippen LogP contribution in [0.2, 0.25) is 0 Å². The maximum atomic E-state index is 4.79. The van der Waals surface area contributed by atoms with Crippen molar-refractivity contribution in [1.82, 2.24) is 10.2 Å². The zero-order valence-corrected chi connectivity index (χ0v) is 19.2. The van der Waals surface area contributed by atoms with E-state index in [2.05, 4.69) is 106 Å². The predicted octanol–water partition coefficient (Wildman–Crippen LogP) is 7.20. The lowest BCUT2D eigenvalue weighted by molar-refractivity contribution is 0.596. The van der Waals surface area contributed by atoms with Crippen molar-refractivity contribution < 1.29 is 0 Å². The molecular formula is C28H31N3. The predicted molar refractivity (Wildman–Crippen MR) is 132 cm³/mol. The molecule has 0 aliphatic heterocycles. The molecule has 4 rings (SSSR count). The number of fused-ring (bicyclic) bond motifs is 1. The van der Waals surface area contributed by atoms with E-state index in [-0.39, 0.29) is 6.04 Å². The van der Waals surface area contributed by atoms with E-state index in [9.17, 15) is 0 Å². The van der Waals surface area contributed by atoms with Gasteiger partial charge in [-0.15, -0.1) is 10.2 Å². The van der Waals surface area contributed by atoms with Gasteiger partial charge in [0.25, 0.3) is 0 Å². The number of aryl methyl sites for hydroxylation is 3. The molecular weight excluding hydrogens is 378 g/mol. The van der Waals surface area contributed by atoms with Gasteiger partial charge in [-0.25, -0.2) is 0 Å². The van der Waals surface area contributed by atoms with Gasteiger partial charge in [-0.1, -0.05) is 85.6 Å². The van der Waals surface area contributed by atoms with Crippen LogP contribution in [0.5, 0.6) is 0 Å². The van der Waals surface area contributed by atoms with Crippen molar-refractivity contribution >= 4 is 16.6 Å². The summed E-state index contributed by atoms with van der Waals surface area (Å²) in [7, 11) is 2.14. The number of anilines is 1. The largest absolute Gasteiger partial charge is 0.351 e. The summed E-state index contributed by atoms with van der Waals surface area (Å²) in [4.78, 5) is 2.30. The van der Waals surface area contributed by atoms with E-state index in [0.717, 1.165) is 35.1 Å². The van der Waals surface area contributed by atoms with E-state index in [0.29, 0.717) is 0 Å². The average Bonchev–Trinajstić information content (AvgIpc) is 2.77. The second kappa shape index (κ2) is 8.89. The second-order valence-corrected chi connectivity index (χ2v) is 8.52. The van der Waals surface area contributed by atoms with Crippen LogP contribution in [0.3, 0.4) is 0 Å². The fraction of sp³-hybridized carbons (Fsp3) is 0.286. The topological polar surface area (TPSA) is 29.0 Å². The lowest BCUT2D eigenvalue weighted by Gasteiger charge is -2.30. The van der Waals surface area contributed by atoms with Crippen molar-refractivity contribution in [3.8, 4) is 11.3 Å². The second-order valence-electron chi connectivity index (χ2n) is 8.52. The first-order chi connectivity index (χ1) is 15.0. The zero-order chi connectivity index (χ0) is 22.0. The van der Waals surface area contributed by atoms with Gasteiger partial charge in [-0.2, -0.15) is 0 Å². The molecule has 0 saturated carbocycles. The molecule has 1 aromatic heterocycles. The van der Waals surface area contributed by atoms with Gasteiger partial charge in [-0.3, -0.25) is 0 Å². The van der Waals surface area contributed by atoms with Gasteiger partial charge >= 0.3 is 0 Å². The van der Waals surface area contributed by atoms with E-state index in [1.165, 1.54) is 27.8 Å². The van der Waals surface area contributed by atoms with Gasteiger partial charge in [0.05, 0.1) is 6.04 Å². The molecule has 1 unspecified atom stereocenters. The molecule has 31 heavy (non-hydrogen) atoms. The van der Waals surface area contributed by atoms with E-state index in [1.54, 1.807) is 0 Å². The van der Waals surface area contributed by atoms with Crippen molar-refractivity contribution in [2.45, 2.75) is 46.6 Å². The summed E-state index contributed by atoms with van der Waals surface area (Å²) in [5.41, 5.74) is 7.23. The molecule has 0 aliphatic carbocycles. The van der Waals surface area contributed by atoms with Crippen molar-refractivity contribution in [2.24, 2.45) is 0 Å². The minimum Gasteiger partial charge on any atom is -0.351 e. The number of hydrogen-bond donors (Lipinski definition) is 0. The molecule has 0 aliphatic rings. The fourth-order valence-corrected chi connectivity index (χ4v) is 4.77. The maximum absolute atomic E-state index is 4.79. The Morgan fingerprint density at radius 1 is 0.806 bits per heavy atom. The average molecular weight is 410 g/mol. The molecule has 0 radical (unpaired) electrons. The van der Waals surface area contributed by atoms with Gasteiger partial charge in [0.15, 0.2) is 5.82 Å². The number of nitrogens with zero attached hydrogens (tertiary/aromatic N) is 3. The van der Waals surface area contributed by atoms with Crippen LogP contribution >= 0.6 is 0 Å². The Hall–Kier alpha value is -3.20. The summed E-state index contributed by atoms with van der Waals surface area (Å²) >= 11 is 0. The lowest BCUT2D eigenvalue weighted by Crippen LogP contribution is -2.25. The summed E-state index contributed by atoms with van der Waals surface area (Å²) in [6.45, 7) is 8.71. The first-order valence-corrected chi connectivity index (χ1v) is 11.1. The van der Waals surface area contributed by atoms with Crippen LogP contribution in [0.4, 0.5) is 5.82 Å². The monoisotopic (exact) mass is 409 g/mol. The molecule has 0 bridgehead atoms. The molecule has 0 amide bonds. The molecule has 1 atom stereocenters. The molecule has 0 saturated heterocycles. The first kappa shape index (κ1) is 21.0. The Bertz CT molecular complexity index is 1170. The molecule has 158 valence electrons. The molecule has 3 nitrogen and oxygen atoms in total. The summed E-state index contributed by atoms with van der Waals surface area (Å²) in [5, 5.41) is 11.9. The van der Waals surface area contributed by atoms with Gasteiger partial charge in [-0.05, 0) is 43.9 Å². The molecule has 0 fully saturated rings.